The maximum absolute atomic E-state index is 14.2. The summed E-state index contributed by atoms with van der Waals surface area (Å²) >= 11 is 0. The summed E-state index contributed by atoms with van der Waals surface area (Å²) < 4.78 is 21.6. The predicted molar refractivity (Wildman–Crippen MR) is 132 cm³/mol. The number of halogens is 1. The van der Waals surface area contributed by atoms with Crippen LogP contribution in [0, 0.1) is 5.82 Å². The number of pyridine rings is 1. The first-order valence-corrected chi connectivity index (χ1v) is 11.0. The molecule has 170 valence electrons. The van der Waals surface area contributed by atoms with Gasteiger partial charge in [-0.3, -0.25) is 4.99 Å². The van der Waals surface area contributed by atoms with Crippen LogP contribution in [0.5, 0.6) is 5.88 Å². The molecule has 0 saturated heterocycles. The largest absolute Gasteiger partial charge is 0.480 e. The van der Waals surface area contributed by atoms with Crippen LogP contribution in [0.4, 0.5) is 15.8 Å². The van der Waals surface area contributed by atoms with Gasteiger partial charge in [-0.15, -0.1) is 0 Å². The summed E-state index contributed by atoms with van der Waals surface area (Å²) in [4.78, 5) is 14.0. The van der Waals surface area contributed by atoms with Crippen LogP contribution in [0.25, 0.3) is 28.1 Å². The highest BCUT2D eigenvalue weighted by atomic mass is 19.1. The zero-order chi connectivity index (χ0) is 23.7. The quantitative estimate of drug-likeness (QED) is 0.346. The molecule has 1 aliphatic heterocycles. The van der Waals surface area contributed by atoms with Crippen molar-refractivity contribution in [3.63, 3.8) is 0 Å². The van der Waals surface area contributed by atoms with Crippen LogP contribution in [0.2, 0.25) is 0 Å². The van der Waals surface area contributed by atoms with Crippen LogP contribution in [0.3, 0.4) is 0 Å². The van der Waals surface area contributed by atoms with E-state index < -0.39 is 0 Å². The van der Waals surface area contributed by atoms with Crippen molar-refractivity contribution in [2.24, 2.45) is 4.99 Å². The van der Waals surface area contributed by atoms with E-state index in [1.54, 1.807) is 19.4 Å². The van der Waals surface area contributed by atoms with Crippen LogP contribution in [-0.2, 0) is 0 Å². The molecule has 0 unspecified atom stereocenters. The minimum absolute atomic E-state index is 0.0600. The third-order valence-electron chi connectivity index (χ3n) is 5.39. The molecule has 0 amide bonds. The maximum atomic E-state index is 14.2. The van der Waals surface area contributed by atoms with Gasteiger partial charge in [-0.05, 0) is 68.4 Å². The fourth-order valence-electron chi connectivity index (χ4n) is 4.01. The van der Waals surface area contributed by atoms with E-state index in [4.69, 9.17) is 14.7 Å². The van der Waals surface area contributed by atoms with Gasteiger partial charge in [0.05, 0.1) is 40.6 Å². The van der Waals surface area contributed by atoms with Gasteiger partial charge in [0.1, 0.15) is 11.5 Å². The van der Waals surface area contributed by atoms with E-state index in [0.29, 0.717) is 11.6 Å². The number of methoxy groups -OCH3 is 1. The van der Waals surface area contributed by atoms with Gasteiger partial charge in [0.2, 0.25) is 5.88 Å². The van der Waals surface area contributed by atoms with Crippen molar-refractivity contribution in [2.45, 2.75) is 19.9 Å². The van der Waals surface area contributed by atoms with Crippen LogP contribution in [0.15, 0.2) is 84.0 Å². The molecular weight excluding hydrogens is 429 g/mol. The minimum atomic E-state index is -0.298. The molecule has 34 heavy (non-hydrogen) atoms. The Morgan fingerprint density at radius 2 is 1.82 bits per heavy atom. The number of hydrogen-bond acceptors (Lipinski definition) is 5. The van der Waals surface area contributed by atoms with E-state index in [-0.39, 0.29) is 11.9 Å². The van der Waals surface area contributed by atoms with E-state index in [1.165, 1.54) is 12.1 Å². The zero-order valence-electron chi connectivity index (χ0n) is 19.2. The molecule has 1 N–H and O–H groups in total. The van der Waals surface area contributed by atoms with E-state index in [2.05, 4.69) is 10.3 Å². The second-order valence-electron chi connectivity index (χ2n) is 8.18. The lowest BCUT2D eigenvalue weighted by molar-refractivity contribution is 0.400. The smallest absolute Gasteiger partial charge is 0.237 e. The van der Waals surface area contributed by atoms with Crippen molar-refractivity contribution in [3.8, 4) is 23.0 Å². The monoisotopic (exact) mass is 453 g/mol. The van der Waals surface area contributed by atoms with Gasteiger partial charge in [0.25, 0.3) is 0 Å². The van der Waals surface area contributed by atoms with Crippen molar-refractivity contribution in [3.05, 3.63) is 90.2 Å². The first-order valence-electron chi connectivity index (χ1n) is 11.0. The number of rotatable bonds is 5. The number of aromatic nitrogens is 3. The second-order valence-corrected chi connectivity index (χ2v) is 8.18. The molecule has 1 aromatic heterocycles. The van der Waals surface area contributed by atoms with Crippen LogP contribution in [0.1, 0.15) is 13.8 Å². The lowest BCUT2D eigenvalue weighted by Gasteiger charge is -2.20. The number of nitrogens with one attached hydrogen (secondary N) is 1. The summed E-state index contributed by atoms with van der Waals surface area (Å²) in [5.74, 6) is 0.187. The SMILES string of the molecule is COc1ncccc1Nc1cc2nc3ccccc3n(-c3cccc(F)c3)c-2c/c1=N\C(C)C. The topological polar surface area (TPSA) is 64.3 Å². The molecule has 2 heterocycles. The lowest BCUT2D eigenvalue weighted by Crippen LogP contribution is -2.16. The van der Waals surface area contributed by atoms with Crippen molar-refractivity contribution in [1.82, 2.24) is 14.5 Å². The normalized spacial score (nSPS) is 12.0. The van der Waals surface area contributed by atoms with E-state index in [1.807, 2.05) is 73.0 Å². The molecule has 0 saturated carbocycles. The van der Waals surface area contributed by atoms with Crippen molar-refractivity contribution < 1.29 is 9.13 Å². The van der Waals surface area contributed by atoms with Gasteiger partial charge in [-0.2, -0.15) is 0 Å². The Balaban J connectivity index is 1.83. The van der Waals surface area contributed by atoms with Gasteiger partial charge in [0.15, 0.2) is 0 Å². The summed E-state index contributed by atoms with van der Waals surface area (Å²) in [6.07, 6.45) is 1.68. The molecule has 0 atom stereocenters. The van der Waals surface area contributed by atoms with Gasteiger partial charge in [-0.25, -0.2) is 14.4 Å². The number of para-hydroxylation sites is 2. The second kappa shape index (κ2) is 8.94. The summed E-state index contributed by atoms with van der Waals surface area (Å²) in [7, 11) is 1.59. The Bertz CT molecular complexity index is 1530. The minimum Gasteiger partial charge on any atom is -0.480 e. The summed E-state index contributed by atoms with van der Waals surface area (Å²) in [6, 6.07) is 22.2. The molecule has 2 aliphatic rings. The third kappa shape index (κ3) is 4.08. The Labute approximate surface area is 196 Å². The zero-order valence-corrected chi connectivity index (χ0v) is 19.2. The summed E-state index contributed by atoms with van der Waals surface area (Å²) in [5, 5.41) is 4.18. The predicted octanol–water partition coefficient (Wildman–Crippen LogP) is 5.73. The number of benzene rings is 3. The van der Waals surface area contributed by atoms with Crippen molar-refractivity contribution in [2.75, 3.05) is 12.4 Å². The van der Waals surface area contributed by atoms with E-state index >= 15 is 0 Å². The van der Waals surface area contributed by atoms with Crippen LogP contribution >= 0.6 is 0 Å². The number of anilines is 2. The molecule has 6 nitrogen and oxygen atoms in total. The molecule has 0 spiro atoms. The molecule has 7 heteroatoms. The van der Waals surface area contributed by atoms with Gasteiger partial charge >= 0.3 is 0 Å². The summed E-state index contributed by atoms with van der Waals surface area (Å²) in [6.45, 7) is 4.05. The lowest BCUT2D eigenvalue weighted by atomic mass is 10.1. The Kier molecular flexibility index (Phi) is 5.67. The van der Waals surface area contributed by atoms with Crippen LogP contribution < -0.4 is 15.4 Å². The number of nitrogens with zero attached hydrogens (tertiary/aromatic N) is 4. The highest BCUT2D eigenvalue weighted by molar-refractivity contribution is 5.84. The fraction of sp³-hybridized carbons (Fsp3) is 0.148. The molecule has 3 aromatic rings. The highest BCUT2D eigenvalue weighted by Crippen LogP contribution is 2.31. The molecule has 0 radical (unpaired) electrons. The molecule has 0 fully saturated rings. The molecule has 2 aromatic carbocycles. The van der Waals surface area contributed by atoms with Gasteiger partial charge in [-0.1, -0.05) is 18.2 Å². The van der Waals surface area contributed by atoms with E-state index in [9.17, 15) is 4.39 Å². The Hall–Kier alpha value is -4.26. The average Bonchev–Trinajstić information content (AvgIpc) is 2.83. The molecule has 1 aliphatic carbocycles. The average molecular weight is 454 g/mol. The van der Waals surface area contributed by atoms with Crippen LogP contribution in [-0.4, -0.2) is 27.7 Å². The highest BCUT2D eigenvalue weighted by Gasteiger charge is 2.17. The number of fused-ring (bicyclic) bond motifs is 2. The Morgan fingerprint density at radius 3 is 2.62 bits per heavy atom. The summed E-state index contributed by atoms with van der Waals surface area (Å²) in [5.41, 5.74) is 5.48. The standard InChI is InChI=1S/C27H24FN5O/c1-17(2)30-23-16-26-24(15-22(23)32-21-11-7-13-29-27(21)34-3)31-20-10-4-5-12-25(20)33(26)19-9-6-8-18(28)14-19/h4-17,32H,1-3H3/b30-23+. The molecule has 5 rings (SSSR count). The van der Waals surface area contributed by atoms with Gasteiger partial charge in [0, 0.05) is 17.9 Å². The van der Waals surface area contributed by atoms with Crippen molar-refractivity contribution >= 4 is 22.4 Å². The third-order valence-corrected chi connectivity index (χ3v) is 5.39. The molecule has 0 bridgehead atoms. The van der Waals surface area contributed by atoms with Crippen molar-refractivity contribution in [1.29, 1.82) is 0 Å². The number of ether oxygens (including phenoxy) is 1. The fourth-order valence-corrected chi connectivity index (χ4v) is 4.01. The number of hydrogen-bond donors (Lipinski definition) is 1. The molecular formula is C27H24FN5O. The first kappa shape index (κ1) is 21.6. The Morgan fingerprint density at radius 1 is 0.971 bits per heavy atom. The van der Waals surface area contributed by atoms with E-state index in [0.717, 1.165) is 39.2 Å². The maximum Gasteiger partial charge on any atom is 0.237 e. The first-order chi connectivity index (χ1) is 16.5. The van der Waals surface area contributed by atoms with Gasteiger partial charge < -0.3 is 14.6 Å².